The van der Waals surface area contributed by atoms with Gasteiger partial charge in [0, 0.05) is 11.6 Å². The minimum Gasteiger partial charge on any atom is -0.496 e. The van der Waals surface area contributed by atoms with Crippen LogP contribution in [0.2, 0.25) is 0 Å². The molecule has 0 radical (unpaired) electrons. The SMILES string of the molecule is CCC(C#N)C(N)c1c(C)cc(C)c(C)c1OC. The molecule has 0 saturated heterocycles. The number of hydrogen-bond donors (Lipinski definition) is 1. The summed E-state index contributed by atoms with van der Waals surface area (Å²) in [5, 5.41) is 9.17. The molecule has 0 bridgehead atoms. The minimum atomic E-state index is -0.297. The Labute approximate surface area is 110 Å². The summed E-state index contributed by atoms with van der Waals surface area (Å²) in [7, 11) is 1.66. The smallest absolute Gasteiger partial charge is 0.127 e. The number of nitriles is 1. The van der Waals surface area contributed by atoms with Gasteiger partial charge in [0.25, 0.3) is 0 Å². The van der Waals surface area contributed by atoms with Crippen LogP contribution in [-0.4, -0.2) is 7.11 Å². The Bertz CT molecular complexity index is 474. The van der Waals surface area contributed by atoms with E-state index in [1.165, 1.54) is 5.56 Å². The maximum absolute atomic E-state index is 9.17. The lowest BCUT2D eigenvalue weighted by molar-refractivity contribution is 0.393. The molecule has 2 N–H and O–H groups in total. The van der Waals surface area contributed by atoms with Crippen LogP contribution in [0, 0.1) is 38.0 Å². The van der Waals surface area contributed by atoms with E-state index in [9.17, 15) is 0 Å². The molecule has 0 fully saturated rings. The predicted octanol–water partition coefficient (Wildman–Crippen LogP) is 3.17. The summed E-state index contributed by atoms with van der Waals surface area (Å²) in [5.74, 6) is 0.647. The third-order valence-electron chi connectivity index (χ3n) is 3.61. The topological polar surface area (TPSA) is 59.0 Å². The fourth-order valence-electron chi connectivity index (χ4n) is 2.37. The Hall–Kier alpha value is -1.53. The summed E-state index contributed by atoms with van der Waals surface area (Å²) < 4.78 is 5.51. The Kier molecular flexibility index (Phi) is 4.75. The van der Waals surface area contributed by atoms with Crippen LogP contribution < -0.4 is 10.5 Å². The number of nitrogens with zero attached hydrogens (tertiary/aromatic N) is 1. The van der Waals surface area contributed by atoms with Crippen LogP contribution in [0.15, 0.2) is 6.07 Å². The van der Waals surface area contributed by atoms with Crippen molar-refractivity contribution >= 4 is 0 Å². The quantitative estimate of drug-likeness (QED) is 0.887. The van der Waals surface area contributed by atoms with Crippen LogP contribution >= 0.6 is 0 Å². The van der Waals surface area contributed by atoms with E-state index in [4.69, 9.17) is 15.7 Å². The molecule has 1 rings (SSSR count). The highest BCUT2D eigenvalue weighted by Gasteiger charge is 2.24. The Morgan fingerprint density at radius 2 is 1.94 bits per heavy atom. The molecule has 3 nitrogen and oxygen atoms in total. The van der Waals surface area contributed by atoms with Gasteiger partial charge in [0.05, 0.1) is 19.1 Å². The third kappa shape index (κ3) is 2.49. The second-order valence-corrected chi connectivity index (χ2v) is 4.75. The summed E-state index contributed by atoms with van der Waals surface area (Å²) in [6.07, 6.45) is 0.743. The van der Waals surface area contributed by atoms with Gasteiger partial charge in [0.1, 0.15) is 5.75 Å². The van der Waals surface area contributed by atoms with E-state index in [1.54, 1.807) is 7.11 Å². The van der Waals surface area contributed by atoms with Gasteiger partial charge in [-0.15, -0.1) is 0 Å². The van der Waals surface area contributed by atoms with Gasteiger partial charge in [0.2, 0.25) is 0 Å². The van der Waals surface area contributed by atoms with Gasteiger partial charge >= 0.3 is 0 Å². The number of benzene rings is 1. The molecule has 0 aliphatic carbocycles. The van der Waals surface area contributed by atoms with Crippen molar-refractivity contribution in [2.45, 2.75) is 40.2 Å². The van der Waals surface area contributed by atoms with Gasteiger partial charge in [-0.2, -0.15) is 5.26 Å². The zero-order valence-corrected chi connectivity index (χ0v) is 11.9. The van der Waals surface area contributed by atoms with Gasteiger partial charge in [-0.25, -0.2) is 0 Å². The summed E-state index contributed by atoms with van der Waals surface area (Å²) in [6, 6.07) is 4.09. The number of methoxy groups -OCH3 is 1. The lowest BCUT2D eigenvalue weighted by atomic mass is 9.87. The molecular weight excluding hydrogens is 224 g/mol. The first-order chi connectivity index (χ1) is 8.47. The van der Waals surface area contributed by atoms with Crippen LogP contribution in [0.1, 0.15) is 41.6 Å². The Balaban J connectivity index is 3.40. The molecule has 18 heavy (non-hydrogen) atoms. The molecule has 1 aromatic carbocycles. The van der Waals surface area contributed by atoms with E-state index in [2.05, 4.69) is 19.1 Å². The molecule has 0 aliphatic rings. The molecule has 0 amide bonds. The molecule has 1 aromatic rings. The fraction of sp³-hybridized carbons (Fsp3) is 0.533. The molecule has 0 heterocycles. The summed E-state index contributed by atoms with van der Waals surface area (Å²) in [6.45, 7) is 8.09. The Morgan fingerprint density at radius 1 is 1.33 bits per heavy atom. The monoisotopic (exact) mass is 246 g/mol. The van der Waals surface area contributed by atoms with Crippen molar-refractivity contribution in [1.29, 1.82) is 5.26 Å². The lowest BCUT2D eigenvalue weighted by Gasteiger charge is -2.23. The molecule has 98 valence electrons. The van der Waals surface area contributed by atoms with E-state index in [0.717, 1.165) is 28.9 Å². The van der Waals surface area contributed by atoms with Gasteiger partial charge < -0.3 is 10.5 Å². The van der Waals surface area contributed by atoms with Crippen LogP contribution in [0.25, 0.3) is 0 Å². The van der Waals surface area contributed by atoms with Crippen LogP contribution in [0.5, 0.6) is 5.75 Å². The second kappa shape index (κ2) is 5.88. The lowest BCUT2D eigenvalue weighted by Crippen LogP contribution is -2.22. The number of nitrogens with two attached hydrogens (primary N) is 1. The van der Waals surface area contributed by atoms with Gasteiger partial charge in [0.15, 0.2) is 0 Å². The Morgan fingerprint density at radius 3 is 2.39 bits per heavy atom. The van der Waals surface area contributed by atoms with E-state index in [-0.39, 0.29) is 12.0 Å². The average molecular weight is 246 g/mol. The van der Waals surface area contributed by atoms with Gasteiger partial charge in [-0.05, 0) is 43.9 Å². The zero-order chi connectivity index (χ0) is 13.9. The number of hydrogen-bond acceptors (Lipinski definition) is 3. The molecule has 2 unspecified atom stereocenters. The summed E-state index contributed by atoms with van der Waals surface area (Å²) in [4.78, 5) is 0. The normalized spacial score (nSPS) is 13.8. The third-order valence-corrected chi connectivity index (χ3v) is 3.61. The molecule has 3 heteroatoms. The van der Waals surface area contributed by atoms with Crippen molar-refractivity contribution in [3.63, 3.8) is 0 Å². The highest BCUT2D eigenvalue weighted by molar-refractivity contribution is 5.51. The van der Waals surface area contributed by atoms with Crippen LogP contribution in [0.3, 0.4) is 0 Å². The number of ether oxygens (including phenoxy) is 1. The standard InChI is InChI=1S/C15H22N2O/c1-6-12(8-16)14(17)13-10(3)7-9(2)11(4)15(13)18-5/h7,12,14H,6,17H2,1-5H3. The van der Waals surface area contributed by atoms with E-state index in [0.29, 0.717) is 0 Å². The van der Waals surface area contributed by atoms with E-state index < -0.39 is 0 Å². The van der Waals surface area contributed by atoms with Crippen LogP contribution in [-0.2, 0) is 0 Å². The minimum absolute atomic E-state index is 0.181. The van der Waals surface area contributed by atoms with Crippen LogP contribution in [0.4, 0.5) is 0 Å². The van der Waals surface area contributed by atoms with E-state index in [1.807, 2.05) is 20.8 Å². The summed E-state index contributed by atoms with van der Waals surface area (Å²) in [5.41, 5.74) is 10.6. The van der Waals surface area contributed by atoms with Crippen molar-refractivity contribution in [2.75, 3.05) is 7.11 Å². The van der Waals surface area contributed by atoms with E-state index >= 15 is 0 Å². The second-order valence-electron chi connectivity index (χ2n) is 4.75. The van der Waals surface area contributed by atoms with Crippen molar-refractivity contribution in [3.05, 3.63) is 28.3 Å². The molecular formula is C15H22N2O. The predicted molar refractivity (Wildman–Crippen MR) is 73.5 cm³/mol. The number of aryl methyl sites for hydroxylation is 2. The largest absolute Gasteiger partial charge is 0.496 e. The average Bonchev–Trinajstić information content (AvgIpc) is 2.34. The van der Waals surface area contributed by atoms with Crippen molar-refractivity contribution in [2.24, 2.45) is 11.7 Å². The highest BCUT2D eigenvalue weighted by atomic mass is 16.5. The first-order valence-electron chi connectivity index (χ1n) is 6.27. The van der Waals surface area contributed by atoms with Gasteiger partial charge in [-0.3, -0.25) is 0 Å². The maximum atomic E-state index is 9.17. The van der Waals surface area contributed by atoms with Gasteiger partial charge in [-0.1, -0.05) is 13.0 Å². The molecule has 0 aromatic heterocycles. The first kappa shape index (κ1) is 14.5. The highest BCUT2D eigenvalue weighted by Crippen LogP contribution is 2.36. The molecule has 0 spiro atoms. The fourth-order valence-corrected chi connectivity index (χ4v) is 2.37. The number of rotatable bonds is 4. The van der Waals surface area contributed by atoms with Crippen molar-refractivity contribution < 1.29 is 4.74 Å². The molecule has 2 atom stereocenters. The maximum Gasteiger partial charge on any atom is 0.127 e. The van der Waals surface area contributed by atoms with Crippen molar-refractivity contribution in [3.8, 4) is 11.8 Å². The molecule has 0 saturated carbocycles. The molecule has 0 aliphatic heterocycles. The zero-order valence-electron chi connectivity index (χ0n) is 11.9. The van der Waals surface area contributed by atoms with Crippen molar-refractivity contribution in [1.82, 2.24) is 0 Å². The first-order valence-corrected chi connectivity index (χ1v) is 6.27. The summed E-state index contributed by atoms with van der Waals surface area (Å²) >= 11 is 0.